The molecule has 1 unspecified atom stereocenters. The maximum atomic E-state index is 12.3. The van der Waals surface area contributed by atoms with Gasteiger partial charge in [0.05, 0.1) is 11.8 Å². The predicted molar refractivity (Wildman–Crippen MR) is 80.6 cm³/mol. The van der Waals surface area contributed by atoms with E-state index in [-0.39, 0.29) is 11.7 Å². The molecule has 0 bridgehead atoms. The molecule has 1 atom stereocenters. The van der Waals surface area contributed by atoms with E-state index in [0.717, 1.165) is 0 Å². The van der Waals surface area contributed by atoms with Crippen molar-refractivity contribution in [1.82, 2.24) is 0 Å². The molecule has 0 N–H and O–H groups in total. The van der Waals surface area contributed by atoms with Crippen LogP contribution < -0.4 is 4.90 Å². The number of hydrogen-bond donors (Lipinski definition) is 0. The molecule has 1 aliphatic rings. The third-order valence-corrected chi connectivity index (χ3v) is 4.67. The summed E-state index contributed by atoms with van der Waals surface area (Å²) in [4.78, 5) is 13.8. The van der Waals surface area contributed by atoms with Gasteiger partial charge in [0, 0.05) is 22.5 Å². The molecule has 0 radical (unpaired) electrons. The van der Waals surface area contributed by atoms with Gasteiger partial charge in [-0.25, -0.2) is 8.42 Å². The molecule has 1 amide bonds. The first-order valence-electron chi connectivity index (χ1n) is 6.41. The van der Waals surface area contributed by atoms with Crippen LogP contribution in [-0.4, -0.2) is 26.1 Å². The molecule has 1 aliphatic heterocycles. The fourth-order valence-electron chi connectivity index (χ4n) is 2.20. The number of halogens is 1. The molecule has 108 valence electrons. The van der Waals surface area contributed by atoms with Crippen molar-refractivity contribution in [3.8, 4) is 0 Å². The Kier molecular flexibility index (Phi) is 4.50. The van der Waals surface area contributed by atoms with Crippen LogP contribution in [0.4, 0.5) is 5.69 Å². The maximum absolute atomic E-state index is 12.3. The Morgan fingerprint density at radius 2 is 2.20 bits per heavy atom. The van der Waals surface area contributed by atoms with E-state index in [1.807, 2.05) is 6.92 Å². The largest absolute Gasteiger partial charge is 0.304 e. The minimum absolute atomic E-state index is 0.0744. The van der Waals surface area contributed by atoms with Gasteiger partial charge in [0.25, 0.3) is 0 Å². The summed E-state index contributed by atoms with van der Waals surface area (Å²) in [5.41, 5.74) is 0.628. The smallest absolute Gasteiger partial charge is 0.227 e. The lowest BCUT2D eigenvalue weighted by atomic mass is 10.2. The average molecular weight is 314 g/mol. The molecule has 1 heterocycles. The SMILES string of the molecule is CCCC(=O)N(c1cccc(Cl)c1)C1C=CS(=O)(=O)C1. The lowest BCUT2D eigenvalue weighted by molar-refractivity contribution is -0.118. The molecule has 4 nitrogen and oxygen atoms in total. The van der Waals surface area contributed by atoms with E-state index in [1.54, 1.807) is 30.3 Å². The van der Waals surface area contributed by atoms with Gasteiger partial charge >= 0.3 is 0 Å². The van der Waals surface area contributed by atoms with Gasteiger partial charge in [-0.05, 0) is 30.7 Å². The van der Waals surface area contributed by atoms with Crippen molar-refractivity contribution in [2.24, 2.45) is 0 Å². The quantitative estimate of drug-likeness (QED) is 0.859. The van der Waals surface area contributed by atoms with E-state index in [2.05, 4.69) is 0 Å². The van der Waals surface area contributed by atoms with E-state index >= 15 is 0 Å². The van der Waals surface area contributed by atoms with Crippen molar-refractivity contribution in [2.45, 2.75) is 25.8 Å². The fraction of sp³-hybridized carbons (Fsp3) is 0.357. The van der Waals surface area contributed by atoms with Gasteiger partial charge in [-0.1, -0.05) is 24.6 Å². The van der Waals surface area contributed by atoms with E-state index in [9.17, 15) is 13.2 Å². The third-order valence-electron chi connectivity index (χ3n) is 3.06. The summed E-state index contributed by atoms with van der Waals surface area (Å²) < 4.78 is 23.1. The molecule has 0 aromatic heterocycles. The van der Waals surface area contributed by atoms with Crippen LogP contribution in [0.5, 0.6) is 0 Å². The van der Waals surface area contributed by atoms with Gasteiger partial charge in [0.15, 0.2) is 9.84 Å². The van der Waals surface area contributed by atoms with E-state index in [0.29, 0.717) is 23.6 Å². The zero-order chi connectivity index (χ0) is 14.8. The molecular formula is C14H16ClNO3S. The summed E-state index contributed by atoms with van der Waals surface area (Å²) in [6, 6.07) is 6.44. The highest BCUT2D eigenvalue weighted by molar-refractivity contribution is 7.94. The summed E-state index contributed by atoms with van der Waals surface area (Å²) >= 11 is 5.96. The van der Waals surface area contributed by atoms with Gasteiger partial charge < -0.3 is 4.90 Å². The number of hydrogen-bond acceptors (Lipinski definition) is 3. The van der Waals surface area contributed by atoms with Crippen LogP contribution in [0.2, 0.25) is 5.02 Å². The highest BCUT2D eigenvalue weighted by atomic mass is 35.5. The standard InChI is InChI=1S/C14H16ClNO3S/c1-2-4-14(17)16(12-6-3-5-11(15)9-12)13-7-8-20(18,19)10-13/h3,5-9,13H,2,4,10H2,1H3. The van der Waals surface area contributed by atoms with Crippen molar-refractivity contribution in [2.75, 3.05) is 10.7 Å². The molecule has 2 rings (SSSR count). The molecule has 20 heavy (non-hydrogen) atoms. The Labute approximate surface area is 124 Å². The number of sulfone groups is 1. The topological polar surface area (TPSA) is 54.5 Å². The molecule has 0 saturated carbocycles. The van der Waals surface area contributed by atoms with E-state index in [4.69, 9.17) is 11.6 Å². The van der Waals surface area contributed by atoms with E-state index < -0.39 is 15.9 Å². The number of amides is 1. The second kappa shape index (κ2) is 5.97. The maximum Gasteiger partial charge on any atom is 0.227 e. The molecule has 0 spiro atoms. The van der Waals surface area contributed by atoms with Gasteiger partial charge in [-0.15, -0.1) is 0 Å². The Morgan fingerprint density at radius 3 is 2.75 bits per heavy atom. The Balaban J connectivity index is 2.36. The van der Waals surface area contributed by atoms with Gasteiger partial charge in [0.1, 0.15) is 0 Å². The van der Waals surface area contributed by atoms with Crippen molar-refractivity contribution in [3.63, 3.8) is 0 Å². The molecule has 0 saturated heterocycles. The van der Waals surface area contributed by atoms with Crippen LogP contribution in [-0.2, 0) is 14.6 Å². The van der Waals surface area contributed by atoms with Crippen LogP contribution in [0.3, 0.4) is 0 Å². The van der Waals surface area contributed by atoms with Crippen LogP contribution in [0, 0.1) is 0 Å². The molecule has 1 aromatic rings. The average Bonchev–Trinajstić information content (AvgIpc) is 2.70. The minimum atomic E-state index is -3.21. The number of anilines is 1. The predicted octanol–water partition coefficient (Wildman–Crippen LogP) is 2.78. The first kappa shape index (κ1) is 15.1. The normalized spacial score (nSPS) is 20.0. The van der Waals surface area contributed by atoms with Gasteiger partial charge in [-0.2, -0.15) is 0 Å². The van der Waals surface area contributed by atoms with Crippen LogP contribution in [0.25, 0.3) is 0 Å². The van der Waals surface area contributed by atoms with Crippen LogP contribution in [0.1, 0.15) is 19.8 Å². The Hall–Kier alpha value is -1.33. The molecule has 6 heteroatoms. The number of nitrogens with zero attached hydrogens (tertiary/aromatic N) is 1. The van der Waals surface area contributed by atoms with Crippen molar-refractivity contribution in [3.05, 3.63) is 40.8 Å². The molecule has 0 fully saturated rings. The first-order chi connectivity index (χ1) is 9.43. The van der Waals surface area contributed by atoms with Crippen LogP contribution in [0.15, 0.2) is 35.7 Å². The summed E-state index contributed by atoms with van der Waals surface area (Å²) in [6.45, 7) is 1.91. The first-order valence-corrected chi connectivity index (χ1v) is 8.51. The number of carbonyl (C=O) groups excluding carboxylic acids is 1. The molecular weight excluding hydrogens is 298 g/mol. The lowest BCUT2D eigenvalue weighted by Gasteiger charge is -2.27. The van der Waals surface area contributed by atoms with E-state index in [1.165, 1.54) is 10.3 Å². The van der Waals surface area contributed by atoms with Crippen LogP contribution >= 0.6 is 11.6 Å². The van der Waals surface area contributed by atoms with Gasteiger partial charge in [-0.3, -0.25) is 4.79 Å². The van der Waals surface area contributed by atoms with Crippen molar-refractivity contribution in [1.29, 1.82) is 0 Å². The molecule has 0 aliphatic carbocycles. The lowest BCUT2D eigenvalue weighted by Crippen LogP contribution is -2.41. The second-order valence-corrected chi connectivity index (χ2v) is 7.09. The van der Waals surface area contributed by atoms with Crippen molar-refractivity contribution >= 4 is 33.0 Å². The zero-order valence-corrected chi connectivity index (χ0v) is 12.7. The summed E-state index contributed by atoms with van der Waals surface area (Å²) in [5.74, 6) is -0.170. The second-order valence-electron chi connectivity index (χ2n) is 4.72. The summed E-state index contributed by atoms with van der Waals surface area (Å²) in [6.07, 6.45) is 2.64. The Bertz CT molecular complexity index is 640. The van der Waals surface area contributed by atoms with Gasteiger partial charge in [0.2, 0.25) is 5.91 Å². The molecule has 1 aromatic carbocycles. The summed E-state index contributed by atoms with van der Waals surface area (Å²) in [5, 5.41) is 1.69. The third kappa shape index (κ3) is 3.41. The fourth-order valence-corrected chi connectivity index (χ4v) is 3.65. The highest BCUT2D eigenvalue weighted by Crippen LogP contribution is 2.26. The highest BCUT2D eigenvalue weighted by Gasteiger charge is 2.30. The van der Waals surface area contributed by atoms with Crippen molar-refractivity contribution < 1.29 is 13.2 Å². The summed E-state index contributed by atoms with van der Waals surface area (Å²) in [7, 11) is -3.21. The minimum Gasteiger partial charge on any atom is -0.304 e. The number of benzene rings is 1. The number of carbonyl (C=O) groups is 1. The number of rotatable bonds is 4. The zero-order valence-electron chi connectivity index (χ0n) is 11.1. The Morgan fingerprint density at radius 1 is 1.45 bits per heavy atom. The monoisotopic (exact) mass is 313 g/mol.